The van der Waals surface area contributed by atoms with Gasteiger partial charge in [-0.1, -0.05) is 30.3 Å². The van der Waals surface area contributed by atoms with E-state index in [2.05, 4.69) is 10.3 Å². The van der Waals surface area contributed by atoms with Gasteiger partial charge in [-0.25, -0.2) is 0 Å². The van der Waals surface area contributed by atoms with Gasteiger partial charge >= 0.3 is 0 Å². The highest BCUT2D eigenvalue weighted by atomic mass is 16.5. The number of carbonyl (C=O) groups excluding carboxylic acids is 2. The molecule has 0 aliphatic heterocycles. The Hall–Kier alpha value is -3.67. The third kappa shape index (κ3) is 5.90. The first kappa shape index (κ1) is 20.1. The molecule has 1 heterocycles. The van der Waals surface area contributed by atoms with Crippen molar-refractivity contribution in [2.24, 2.45) is 0 Å². The zero-order valence-corrected chi connectivity index (χ0v) is 16.1. The summed E-state index contributed by atoms with van der Waals surface area (Å²) in [5.74, 6) is 0.804. The molecule has 1 unspecified atom stereocenters. The minimum Gasteiger partial charge on any atom is -0.487 e. The van der Waals surface area contributed by atoms with Crippen LogP contribution in [0.4, 0.5) is 0 Å². The molecular weight excluding hydrogens is 368 g/mol. The van der Waals surface area contributed by atoms with Crippen LogP contribution in [0.5, 0.6) is 11.5 Å². The smallest absolute Gasteiger partial charge is 0.258 e. The average Bonchev–Trinajstić information content (AvgIpc) is 2.77. The summed E-state index contributed by atoms with van der Waals surface area (Å²) in [4.78, 5) is 27.5. The Morgan fingerprint density at radius 3 is 2.69 bits per heavy atom. The molecule has 1 N–H and O–H groups in total. The Morgan fingerprint density at radius 1 is 1.07 bits per heavy atom. The number of benzene rings is 2. The van der Waals surface area contributed by atoms with Gasteiger partial charge in [-0.15, -0.1) is 0 Å². The molecule has 148 valence electrons. The van der Waals surface area contributed by atoms with Crippen LogP contribution in [-0.4, -0.2) is 23.8 Å². The van der Waals surface area contributed by atoms with Gasteiger partial charge < -0.3 is 14.8 Å². The van der Waals surface area contributed by atoms with E-state index >= 15 is 0 Å². The molecule has 0 spiro atoms. The highest BCUT2D eigenvalue weighted by Crippen LogP contribution is 2.20. The Morgan fingerprint density at radius 2 is 1.90 bits per heavy atom. The average molecular weight is 390 g/mol. The Kier molecular flexibility index (Phi) is 6.95. The number of rotatable bonds is 9. The fourth-order valence-electron chi connectivity index (χ4n) is 2.73. The number of hydrogen-bond acceptors (Lipinski definition) is 5. The van der Waals surface area contributed by atoms with Crippen LogP contribution in [0.1, 0.15) is 34.6 Å². The van der Waals surface area contributed by atoms with Gasteiger partial charge in [0.05, 0.1) is 17.3 Å². The van der Waals surface area contributed by atoms with Gasteiger partial charge in [-0.3, -0.25) is 14.6 Å². The van der Waals surface area contributed by atoms with E-state index in [4.69, 9.17) is 9.47 Å². The van der Waals surface area contributed by atoms with Crippen LogP contribution in [0.3, 0.4) is 0 Å². The van der Waals surface area contributed by atoms with Crippen LogP contribution in [0.15, 0.2) is 72.9 Å². The number of nitrogens with one attached hydrogen (secondary N) is 1. The van der Waals surface area contributed by atoms with E-state index in [1.807, 2.05) is 49.4 Å². The molecule has 0 fully saturated rings. The Balaban J connectivity index is 1.53. The van der Waals surface area contributed by atoms with Gasteiger partial charge in [0.2, 0.25) is 0 Å². The molecule has 1 atom stereocenters. The van der Waals surface area contributed by atoms with Gasteiger partial charge in [0, 0.05) is 6.20 Å². The fourth-order valence-corrected chi connectivity index (χ4v) is 2.73. The number of nitrogens with zero attached hydrogens (tertiary/aromatic N) is 1. The van der Waals surface area contributed by atoms with Crippen LogP contribution in [-0.2, 0) is 11.4 Å². The number of pyridine rings is 1. The predicted octanol–water partition coefficient (Wildman–Crippen LogP) is 3.73. The summed E-state index contributed by atoms with van der Waals surface area (Å²) in [7, 11) is 0. The number of hydrogen-bond donors (Lipinski definition) is 1. The summed E-state index contributed by atoms with van der Waals surface area (Å²) in [5, 5.41) is 2.88. The summed E-state index contributed by atoms with van der Waals surface area (Å²) in [6, 6.07) is 19.8. The SMILES string of the molecule is CC(NC(=O)COc1ccccc1C=O)c1cccc(OCc2ccccn2)c1. The lowest BCUT2D eigenvalue weighted by Crippen LogP contribution is -2.31. The second kappa shape index (κ2) is 10.0. The van der Waals surface area contributed by atoms with Gasteiger partial charge in [-0.2, -0.15) is 0 Å². The third-order valence-corrected chi connectivity index (χ3v) is 4.25. The first-order valence-corrected chi connectivity index (χ1v) is 9.25. The van der Waals surface area contributed by atoms with Gasteiger partial charge in [0.15, 0.2) is 12.9 Å². The summed E-state index contributed by atoms with van der Waals surface area (Å²) in [5.41, 5.74) is 2.16. The maximum Gasteiger partial charge on any atom is 0.258 e. The quantitative estimate of drug-likeness (QED) is 0.564. The third-order valence-electron chi connectivity index (χ3n) is 4.25. The molecule has 1 amide bonds. The minimum atomic E-state index is -0.280. The first-order chi connectivity index (χ1) is 14.2. The maximum atomic E-state index is 12.2. The lowest BCUT2D eigenvalue weighted by Gasteiger charge is -2.16. The fraction of sp³-hybridized carbons (Fsp3) is 0.174. The number of ether oxygens (including phenoxy) is 2. The Labute approximate surface area is 169 Å². The predicted molar refractivity (Wildman–Crippen MR) is 109 cm³/mol. The molecule has 0 bridgehead atoms. The molecule has 2 aromatic carbocycles. The van der Waals surface area contributed by atoms with E-state index in [0.717, 1.165) is 11.3 Å². The van der Waals surface area contributed by atoms with Crippen LogP contribution in [0, 0.1) is 0 Å². The zero-order chi connectivity index (χ0) is 20.5. The normalized spacial score (nSPS) is 11.3. The molecule has 0 radical (unpaired) electrons. The van der Waals surface area contributed by atoms with Crippen molar-refractivity contribution in [3.05, 3.63) is 89.7 Å². The van der Waals surface area contributed by atoms with Crippen molar-refractivity contribution < 1.29 is 19.1 Å². The summed E-state index contributed by atoms with van der Waals surface area (Å²) in [6.45, 7) is 2.08. The standard InChI is InChI=1S/C23H22N2O4/c1-17(25-23(27)16-29-22-11-3-2-7-19(22)14-26)18-8-6-10-21(13-18)28-15-20-9-4-5-12-24-20/h2-14,17H,15-16H2,1H3,(H,25,27). The van der Waals surface area contributed by atoms with Crippen molar-refractivity contribution in [3.63, 3.8) is 0 Å². The monoisotopic (exact) mass is 390 g/mol. The molecular formula is C23H22N2O4. The summed E-state index contributed by atoms with van der Waals surface area (Å²) >= 11 is 0. The minimum absolute atomic E-state index is 0.176. The van der Waals surface area contributed by atoms with Crippen LogP contribution >= 0.6 is 0 Å². The molecule has 0 aliphatic carbocycles. The van der Waals surface area contributed by atoms with E-state index in [9.17, 15) is 9.59 Å². The van der Waals surface area contributed by atoms with E-state index in [1.165, 1.54) is 0 Å². The van der Waals surface area contributed by atoms with Crippen molar-refractivity contribution in [1.29, 1.82) is 0 Å². The van der Waals surface area contributed by atoms with Gasteiger partial charge in [0.25, 0.3) is 5.91 Å². The molecule has 0 aliphatic rings. The largest absolute Gasteiger partial charge is 0.487 e. The summed E-state index contributed by atoms with van der Waals surface area (Å²) < 4.78 is 11.2. The number of aldehydes is 1. The molecule has 29 heavy (non-hydrogen) atoms. The number of para-hydroxylation sites is 1. The van der Waals surface area contributed by atoms with Crippen molar-refractivity contribution >= 4 is 12.2 Å². The molecule has 1 aromatic heterocycles. The number of amides is 1. The summed E-state index contributed by atoms with van der Waals surface area (Å²) in [6.07, 6.45) is 2.43. The van der Waals surface area contributed by atoms with Crippen molar-refractivity contribution in [1.82, 2.24) is 10.3 Å². The van der Waals surface area contributed by atoms with Gasteiger partial charge in [0.1, 0.15) is 18.1 Å². The van der Waals surface area contributed by atoms with Crippen LogP contribution in [0.2, 0.25) is 0 Å². The van der Waals surface area contributed by atoms with E-state index in [0.29, 0.717) is 30.0 Å². The molecule has 0 saturated carbocycles. The number of carbonyl (C=O) groups is 2. The lowest BCUT2D eigenvalue weighted by molar-refractivity contribution is -0.123. The number of aromatic nitrogens is 1. The van der Waals surface area contributed by atoms with Gasteiger partial charge in [-0.05, 0) is 48.9 Å². The van der Waals surface area contributed by atoms with Crippen molar-refractivity contribution in [2.45, 2.75) is 19.6 Å². The maximum absolute atomic E-state index is 12.2. The first-order valence-electron chi connectivity index (χ1n) is 9.25. The molecule has 6 heteroatoms. The van der Waals surface area contributed by atoms with Crippen molar-refractivity contribution in [3.8, 4) is 11.5 Å². The van der Waals surface area contributed by atoms with E-state index in [1.54, 1.807) is 30.5 Å². The highest BCUT2D eigenvalue weighted by molar-refractivity contribution is 5.81. The lowest BCUT2D eigenvalue weighted by atomic mass is 10.1. The Bertz CT molecular complexity index is 960. The van der Waals surface area contributed by atoms with E-state index < -0.39 is 0 Å². The highest BCUT2D eigenvalue weighted by Gasteiger charge is 2.12. The topological polar surface area (TPSA) is 77.5 Å². The van der Waals surface area contributed by atoms with E-state index in [-0.39, 0.29) is 18.6 Å². The second-order valence-corrected chi connectivity index (χ2v) is 6.42. The zero-order valence-electron chi connectivity index (χ0n) is 16.1. The second-order valence-electron chi connectivity index (χ2n) is 6.42. The molecule has 6 nitrogen and oxygen atoms in total. The van der Waals surface area contributed by atoms with Crippen molar-refractivity contribution in [2.75, 3.05) is 6.61 Å². The van der Waals surface area contributed by atoms with Crippen LogP contribution < -0.4 is 14.8 Å². The van der Waals surface area contributed by atoms with Crippen LogP contribution in [0.25, 0.3) is 0 Å². The molecule has 0 saturated heterocycles. The molecule has 3 rings (SSSR count). The molecule has 3 aromatic rings.